The molecule has 0 bridgehead atoms. The van der Waals surface area contributed by atoms with Gasteiger partial charge in [0.05, 0.1) is 6.61 Å². The number of nitrogens with one attached hydrogen (secondary N) is 1. The molecule has 5 heteroatoms. The first-order valence-electron chi connectivity index (χ1n) is 7.20. The highest BCUT2D eigenvalue weighted by Crippen LogP contribution is 2.20. The van der Waals surface area contributed by atoms with Crippen LogP contribution in [0.2, 0.25) is 0 Å². The molecular formula is C15H23N3O2. The Morgan fingerprint density at radius 1 is 1.35 bits per heavy atom. The molecule has 1 amide bonds. The lowest BCUT2D eigenvalue weighted by molar-refractivity contribution is 0.0947. The Kier molecular flexibility index (Phi) is 5.52. The molecule has 1 aromatic carbocycles. The van der Waals surface area contributed by atoms with Crippen LogP contribution in [0.1, 0.15) is 41.6 Å². The quantitative estimate of drug-likeness (QED) is 0.436. The first kappa shape index (κ1) is 15.0. The third-order valence-electron chi connectivity index (χ3n) is 3.98. The Morgan fingerprint density at radius 2 is 2.15 bits per heavy atom. The second-order valence-electron chi connectivity index (χ2n) is 5.29. The van der Waals surface area contributed by atoms with Crippen LogP contribution < -0.4 is 11.3 Å². The number of aliphatic hydroxyl groups excluding tert-OH is 1. The van der Waals surface area contributed by atoms with Crippen LogP contribution in [0, 0.1) is 0 Å². The predicted octanol–water partition coefficient (Wildman–Crippen LogP) is 1.03. The zero-order chi connectivity index (χ0) is 14.4. The van der Waals surface area contributed by atoms with E-state index in [0.29, 0.717) is 12.1 Å². The lowest BCUT2D eigenvalue weighted by atomic mass is 10.0. The molecule has 110 valence electrons. The number of hydrogen-bond acceptors (Lipinski definition) is 4. The van der Waals surface area contributed by atoms with Gasteiger partial charge in [-0.25, -0.2) is 5.84 Å². The molecule has 1 aliphatic heterocycles. The van der Waals surface area contributed by atoms with Crippen LogP contribution in [0.5, 0.6) is 0 Å². The van der Waals surface area contributed by atoms with Crippen molar-refractivity contribution in [3.8, 4) is 0 Å². The van der Waals surface area contributed by atoms with Gasteiger partial charge in [0.1, 0.15) is 0 Å². The summed E-state index contributed by atoms with van der Waals surface area (Å²) in [6.07, 6.45) is 4.52. The highest BCUT2D eigenvalue weighted by molar-refractivity contribution is 5.95. The monoisotopic (exact) mass is 277 g/mol. The highest BCUT2D eigenvalue weighted by atomic mass is 16.3. The first-order valence-corrected chi connectivity index (χ1v) is 7.20. The normalized spacial score (nSPS) is 20.4. The molecule has 1 atom stereocenters. The second-order valence-corrected chi connectivity index (χ2v) is 5.29. The van der Waals surface area contributed by atoms with Crippen LogP contribution in [-0.2, 0) is 6.54 Å². The highest BCUT2D eigenvalue weighted by Gasteiger charge is 2.21. The van der Waals surface area contributed by atoms with Gasteiger partial charge >= 0.3 is 0 Å². The van der Waals surface area contributed by atoms with E-state index in [1.165, 1.54) is 6.42 Å². The Hall–Kier alpha value is -1.43. The molecule has 0 aliphatic carbocycles. The molecule has 4 N–H and O–H groups in total. The zero-order valence-corrected chi connectivity index (χ0v) is 11.7. The molecule has 0 saturated carbocycles. The molecule has 0 radical (unpaired) electrons. The SMILES string of the molecule is NNC(=O)c1ccccc1CN1CCCCCC1CO. The van der Waals surface area contributed by atoms with E-state index < -0.39 is 0 Å². The van der Waals surface area contributed by atoms with Gasteiger partial charge in [-0.1, -0.05) is 31.0 Å². The summed E-state index contributed by atoms with van der Waals surface area (Å²) in [5.74, 6) is 4.96. The van der Waals surface area contributed by atoms with Gasteiger partial charge in [-0.05, 0) is 31.0 Å². The number of aliphatic hydroxyl groups is 1. The average molecular weight is 277 g/mol. The number of amides is 1. The molecule has 0 spiro atoms. The smallest absolute Gasteiger partial charge is 0.265 e. The van der Waals surface area contributed by atoms with Crippen molar-refractivity contribution < 1.29 is 9.90 Å². The molecule has 1 saturated heterocycles. The first-order chi connectivity index (χ1) is 9.76. The van der Waals surface area contributed by atoms with Gasteiger partial charge in [0.2, 0.25) is 0 Å². The van der Waals surface area contributed by atoms with Gasteiger partial charge in [-0.3, -0.25) is 15.1 Å². The van der Waals surface area contributed by atoms with Crippen molar-refractivity contribution in [1.29, 1.82) is 0 Å². The minimum atomic E-state index is -0.268. The van der Waals surface area contributed by atoms with E-state index in [9.17, 15) is 9.90 Å². The number of benzene rings is 1. The van der Waals surface area contributed by atoms with E-state index in [0.717, 1.165) is 31.4 Å². The number of nitrogens with zero attached hydrogens (tertiary/aromatic N) is 1. The van der Waals surface area contributed by atoms with Crippen LogP contribution in [0.15, 0.2) is 24.3 Å². The van der Waals surface area contributed by atoms with Gasteiger partial charge in [0.25, 0.3) is 5.91 Å². The summed E-state index contributed by atoms with van der Waals surface area (Å²) in [6, 6.07) is 7.67. The third-order valence-corrected chi connectivity index (χ3v) is 3.98. The maximum Gasteiger partial charge on any atom is 0.265 e. The standard InChI is InChI=1S/C15H23N3O2/c16-17-15(20)14-8-4-3-6-12(14)10-18-9-5-1-2-7-13(18)11-19/h3-4,6,8,13,19H,1-2,5,7,9-11,16H2,(H,17,20). The fourth-order valence-electron chi connectivity index (χ4n) is 2.83. The minimum absolute atomic E-state index is 0.172. The van der Waals surface area contributed by atoms with Crippen LogP contribution in [0.4, 0.5) is 0 Å². The van der Waals surface area contributed by atoms with Gasteiger partial charge < -0.3 is 5.11 Å². The Bertz CT molecular complexity index is 450. The van der Waals surface area contributed by atoms with Crippen molar-refractivity contribution in [1.82, 2.24) is 10.3 Å². The van der Waals surface area contributed by atoms with Gasteiger partial charge in [0.15, 0.2) is 0 Å². The number of carbonyl (C=O) groups is 1. The molecule has 1 aliphatic rings. The average Bonchev–Trinajstić information content (AvgIpc) is 2.72. The maximum absolute atomic E-state index is 11.8. The number of likely N-dealkylation sites (tertiary alicyclic amines) is 1. The van der Waals surface area contributed by atoms with Crippen LogP contribution >= 0.6 is 0 Å². The van der Waals surface area contributed by atoms with Crippen molar-refractivity contribution in [3.63, 3.8) is 0 Å². The van der Waals surface area contributed by atoms with Crippen molar-refractivity contribution in [2.24, 2.45) is 5.84 Å². The molecule has 1 unspecified atom stereocenters. The van der Waals surface area contributed by atoms with Crippen molar-refractivity contribution in [3.05, 3.63) is 35.4 Å². The van der Waals surface area contributed by atoms with Gasteiger partial charge in [-0.15, -0.1) is 0 Å². The van der Waals surface area contributed by atoms with E-state index in [2.05, 4.69) is 10.3 Å². The molecule has 1 heterocycles. The number of rotatable bonds is 4. The van der Waals surface area contributed by atoms with Crippen LogP contribution in [-0.4, -0.2) is 35.1 Å². The van der Waals surface area contributed by atoms with Crippen molar-refractivity contribution in [2.75, 3.05) is 13.2 Å². The molecule has 5 nitrogen and oxygen atoms in total. The third kappa shape index (κ3) is 3.56. The van der Waals surface area contributed by atoms with E-state index in [4.69, 9.17) is 5.84 Å². The van der Waals surface area contributed by atoms with Gasteiger partial charge in [-0.2, -0.15) is 0 Å². The number of hydrogen-bond donors (Lipinski definition) is 3. The van der Waals surface area contributed by atoms with E-state index in [1.54, 1.807) is 6.07 Å². The second kappa shape index (κ2) is 7.38. The zero-order valence-electron chi connectivity index (χ0n) is 11.7. The maximum atomic E-state index is 11.8. The van der Waals surface area contributed by atoms with Crippen LogP contribution in [0.25, 0.3) is 0 Å². The summed E-state index contributed by atoms with van der Waals surface area (Å²) in [7, 11) is 0. The lowest BCUT2D eigenvalue weighted by Crippen LogP contribution is -2.38. The lowest BCUT2D eigenvalue weighted by Gasteiger charge is -2.29. The Morgan fingerprint density at radius 3 is 2.90 bits per heavy atom. The number of nitrogens with two attached hydrogens (primary N) is 1. The van der Waals surface area contributed by atoms with E-state index in [1.807, 2.05) is 18.2 Å². The van der Waals surface area contributed by atoms with Crippen molar-refractivity contribution in [2.45, 2.75) is 38.3 Å². The molecule has 0 aromatic heterocycles. The number of hydrazine groups is 1. The fourth-order valence-corrected chi connectivity index (χ4v) is 2.83. The van der Waals surface area contributed by atoms with Crippen LogP contribution in [0.3, 0.4) is 0 Å². The molecule has 20 heavy (non-hydrogen) atoms. The summed E-state index contributed by atoms with van der Waals surface area (Å²) in [4.78, 5) is 14.1. The van der Waals surface area contributed by atoms with E-state index >= 15 is 0 Å². The summed E-state index contributed by atoms with van der Waals surface area (Å²) >= 11 is 0. The van der Waals surface area contributed by atoms with Gasteiger partial charge in [0, 0.05) is 18.2 Å². The number of nitrogen functional groups attached to an aromatic ring is 1. The Labute approximate surface area is 119 Å². The summed E-state index contributed by atoms with van der Waals surface area (Å²) < 4.78 is 0. The largest absolute Gasteiger partial charge is 0.395 e. The van der Waals surface area contributed by atoms with Crippen molar-refractivity contribution >= 4 is 5.91 Å². The van der Waals surface area contributed by atoms with E-state index in [-0.39, 0.29) is 18.6 Å². The molecular weight excluding hydrogens is 254 g/mol. The molecule has 2 rings (SSSR count). The summed E-state index contributed by atoms with van der Waals surface area (Å²) in [5, 5.41) is 9.55. The number of carbonyl (C=O) groups excluding carboxylic acids is 1. The minimum Gasteiger partial charge on any atom is -0.395 e. The Balaban J connectivity index is 2.17. The topological polar surface area (TPSA) is 78.6 Å². The molecule has 1 aromatic rings. The summed E-state index contributed by atoms with van der Waals surface area (Å²) in [5.41, 5.74) is 3.75. The fraction of sp³-hybridized carbons (Fsp3) is 0.533. The predicted molar refractivity (Wildman–Crippen MR) is 77.8 cm³/mol. The summed E-state index contributed by atoms with van der Waals surface area (Å²) in [6.45, 7) is 1.81. The molecule has 1 fully saturated rings.